The molecule has 0 fully saturated rings. The SMILES string of the molecule is CCc1ccc(C(=O)c2cccc(OC(C)=O)c2)cc1. The fraction of sp³-hybridized carbons (Fsp3) is 0.176. The Kier molecular flexibility index (Phi) is 4.31. The first-order valence-corrected chi connectivity index (χ1v) is 6.52. The van der Waals surface area contributed by atoms with Gasteiger partial charge >= 0.3 is 5.97 Å². The molecule has 2 aromatic carbocycles. The number of ether oxygens (including phenoxy) is 1. The molecule has 2 rings (SSSR count). The summed E-state index contributed by atoms with van der Waals surface area (Å²) in [5.74, 6) is -0.0999. The van der Waals surface area contributed by atoms with Crippen LogP contribution in [0.3, 0.4) is 0 Å². The van der Waals surface area contributed by atoms with Crippen LogP contribution in [0.2, 0.25) is 0 Å². The topological polar surface area (TPSA) is 43.4 Å². The van der Waals surface area contributed by atoms with Crippen molar-refractivity contribution in [2.24, 2.45) is 0 Å². The van der Waals surface area contributed by atoms with Crippen molar-refractivity contribution >= 4 is 11.8 Å². The van der Waals surface area contributed by atoms with E-state index >= 15 is 0 Å². The van der Waals surface area contributed by atoms with Crippen LogP contribution in [-0.2, 0) is 11.2 Å². The molecule has 102 valence electrons. The Morgan fingerprint density at radius 3 is 2.30 bits per heavy atom. The summed E-state index contributed by atoms with van der Waals surface area (Å²) in [5.41, 5.74) is 2.32. The number of hydrogen-bond acceptors (Lipinski definition) is 3. The van der Waals surface area contributed by atoms with E-state index in [1.807, 2.05) is 24.3 Å². The van der Waals surface area contributed by atoms with E-state index in [1.54, 1.807) is 24.3 Å². The van der Waals surface area contributed by atoms with Crippen molar-refractivity contribution in [3.8, 4) is 5.75 Å². The molecule has 0 heterocycles. The van der Waals surface area contributed by atoms with Crippen LogP contribution in [0.5, 0.6) is 5.75 Å². The largest absolute Gasteiger partial charge is 0.427 e. The Bertz CT molecular complexity index is 627. The molecule has 0 radical (unpaired) electrons. The second-order valence-electron chi connectivity index (χ2n) is 4.50. The van der Waals surface area contributed by atoms with E-state index in [9.17, 15) is 9.59 Å². The Balaban J connectivity index is 2.25. The van der Waals surface area contributed by atoms with E-state index < -0.39 is 5.97 Å². The van der Waals surface area contributed by atoms with Gasteiger partial charge in [-0.1, -0.05) is 43.3 Å². The summed E-state index contributed by atoms with van der Waals surface area (Å²) in [6.45, 7) is 3.40. The van der Waals surface area contributed by atoms with Gasteiger partial charge in [0.05, 0.1) is 0 Å². The normalized spacial score (nSPS) is 10.1. The van der Waals surface area contributed by atoms with Crippen molar-refractivity contribution in [1.29, 1.82) is 0 Å². The number of ketones is 1. The summed E-state index contributed by atoms with van der Waals surface area (Å²) in [4.78, 5) is 23.3. The summed E-state index contributed by atoms with van der Waals surface area (Å²) in [5, 5.41) is 0. The van der Waals surface area contributed by atoms with Crippen LogP contribution in [-0.4, -0.2) is 11.8 Å². The smallest absolute Gasteiger partial charge is 0.308 e. The van der Waals surface area contributed by atoms with Crippen LogP contribution in [0, 0.1) is 0 Å². The van der Waals surface area contributed by atoms with Gasteiger partial charge in [-0.3, -0.25) is 9.59 Å². The molecule has 3 heteroatoms. The Morgan fingerprint density at radius 1 is 1.00 bits per heavy atom. The fourth-order valence-electron chi connectivity index (χ4n) is 1.93. The average Bonchev–Trinajstić information content (AvgIpc) is 2.46. The predicted molar refractivity (Wildman–Crippen MR) is 77.0 cm³/mol. The average molecular weight is 268 g/mol. The van der Waals surface area contributed by atoms with Crippen LogP contribution in [0.15, 0.2) is 48.5 Å². The van der Waals surface area contributed by atoms with E-state index in [0.29, 0.717) is 16.9 Å². The molecule has 20 heavy (non-hydrogen) atoms. The van der Waals surface area contributed by atoms with E-state index in [-0.39, 0.29) is 5.78 Å². The molecule has 0 atom stereocenters. The molecule has 0 aliphatic rings. The third-order valence-electron chi connectivity index (χ3n) is 2.98. The van der Waals surface area contributed by atoms with Gasteiger partial charge in [0, 0.05) is 18.1 Å². The molecule has 0 saturated heterocycles. The summed E-state index contributed by atoms with van der Waals surface area (Å²) in [6.07, 6.45) is 0.941. The number of carbonyl (C=O) groups excluding carboxylic acids is 2. The maximum Gasteiger partial charge on any atom is 0.308 e. The molecule has 0 bridgehead atoms. The molecule has 0 spiro atoms. The second-order valence-corrected chi connectivity index (χ2v) is 4.50. The number of aryl methyl sites for hydroxylation is 1. The lowest BCUT2D eigenvalue weighted by molar-refractivity contribution is -0.131. The number of benzene rings is 2. The van der Waals surface area contributed by atoms with Gasteiger partial charge in [-0.2, -0.15) is 0 Å². The number of hydrogen-bond donors (Lipinski definition) is 0. The molecular formula is C17H16O3. The fourth-order valence-corrected chi connectivity index (χ4v) is 1.93. The van der Waals surface area contributed by atoms with E-state index in [1.165, 1.54) is 12.5 Å². The first-order chi connectivity index (χ1) is 9.60. The third kappa shape index (κ3) is 3.32. The molecule has 0 amide bonds. The molecule has 0 unspecified atom stereocenters. The highest BCUT2D eigenvalue weighted by Gasteiger charge is 2.10. The zero-order chi connectivity index (χ0) is 14.5. The number of esters is 1. The van der Waals surface area contributed by atoms with Gasteiger partial charge in [-0.25, -0.2) is 0 Å². The van der Waals surface area contributed by atoms with Gasteiger partial charge in [0.1, 0.15) is 5.75 Å². The highest BCUT2D eigenvalue weighted by molar-refractivity contribution is 6.09. The Labute approximate surface area is 118 Å². The van der Waals surface area contributed by atoms with Gasteiger partial charge < -0.3 is 4.74 Å². The van der Waals surface area contributed by atoms with E-state index in [2.05, 4.69) is 6.92 Å². The Morgan fingerprint density at radius 2 is 1.70 bits per heavy atom. The van der Waals surface area contributed by atoms with Gasteiger partial charge in [0.25, 0.3) is 0 Å². The zero-order valence-corrected chi connectivity index (χ0v) is 11.6. The highest BCUT2D eigenvalue weighted by atomic mass is 16.5. The predicted octanol–water partition coefficient (Wildman–Crippen LogP) is 3.41. The lowest BCUT2D eigenvalue weighted by Crippen LogP contribution is -2.04. The van der Waals surface area contributed by atoms with Crippen molar-refractivity contribution in [1.82, 2.24) is 0 Å². The summed E-state index contributed by atoms with van der Waals surface area (Å²) < 4.78 is 4.99. The summed E-state index contributed by atoms with van der Waals surface area (Å²) in [6, 6.07) is 14.2. The summed E-state index contributed by atoms with van der Waals surface area (Å²) in [7, 11) is 0. The molecule has 0 aliphatic carbocycles. The lowest BCUT2D eigenvalue weighted by Gasteiger charge is -2.05. The maximum absolute atomic E-state index is 12.3. The van der Waals surface area contributed by atoms with Gasteiger partial charge in [0.2, 0.25) is 0 Å². The minimum atomic E-state index is -0.401. The van der Waals surface area contributed by atoms with E-state index in [0.717, 1.165) is 6.42 Å². The van der Waals surface area contributed by atoms with Crippen LogP contribution in [0.25, 0.3) is 0 Å². The molecular weight excluding hydrogens is 252 g/mol. The molecule has 0 N–H and O–H groups in total. The quantitative estimate of drug-likeness (QED) is 0.485. The highest BCUT2D eigenvalue weighted by Crippen LogP contribution is 2.17. The lowest BCUT2D eigenvalue weighted by atomic mass is 10.0. The first kappa shape index (κ1) is 14.0. The van der Waals surface area contributed by atoms with Crippen molar-refractivity contribution in [2.75, 3.05) is 0 Å². The van der Waals surface area contributed by atoms with Crippen molar-refractivity contribution in [3.63, 3.8) is 0 Å². The van der Waals surface area contributed by atoms with Gasteiger partial charge in [-0.15, -0.1) is 0 Å². The third-order valence-corrected chi connectivity index (χ3v) is 2.98. The van der Waals surface area contributed by atoms with Gasteiger partial charge in [0.15, 0.2) is 5.78 Å². The zero-order valence-electron chi connectivity index (χ0n) is 11.6. The van der Waals surface area contributed by atoms with Crippen molar-refractivity contribution in [2.45, 2.75) is 20.3 Å². The van der Waals surface area contributed by atoms with Gasteiger partial charge in [-0.05, 0) is 24.1 Å². The van der Waals surface area contributed by atoms with Crippen molar-refractivity contribution in [3.05, 3.63) is 65.2 Å². The second kappa shape index (κ2) is 6.15. The van der Waals surface area contributed by atoms with Crippen molar-refractivity contribution < 1.29 is 14.3 Å². The minimum Gasteiger partial charge on any atom is -0.427 e. The van der Waals surface area contributed by atoms with E-state index in [4.69, 9.17) is 4.74 Å². The molecule has 3 nitrogen and oxygen atoms in total. The molecule has 0 aromatic heterocycles. The molecule has 0 aliphatic heterocycles. The minimum absolute atomic E-state index is 0.0818. The monoisotopic (exact) mass is 268 g/mol. The van der Waals surface area contributed by atoms with Crippen LogP contribution >= 0.6 is 0 Å². The van der Waals surface area contributed by atoms with Crippen LogP contribution < -0.4 is 4.74 Å². The first-order valence-electron chi connectivity index (χ1n) is 6.52. The van der Waals surface area contributed by atoms with Crippen LogP contribution in [0.1, 0.15) is 35.3 Å². The summed E-state index contributed by atoms with van der Waals surface area (Å²) >= 11 is 0. The molecule has 2 aromatic rings. The Hall–Kier alpha value is -2.42. The van der Waals surface area contributed by atoms with Crippen LogP contribution in [0.4, 0.5) is 0 Å². The standard InChI is InChI=1S/C17H16O3/c1-3-13-7-9-14(10-8-13)17(19)15-5-4-6-16(11-15)20-12(2)18/h4-11H,3H2,1-2H3. The number of carbonyl (C=O) groups is 2. The number of rotatable bonds is 4. The molecule has 0 saturated carbocycles. The maximum atomic E-state index is 12.3.